The Morgan fingerprint density at radius 1 is 1.11 bits per heavy atom. The van der Waals surface area contributed by atoms with Crippen molar-refractivity contribution in [3.63, 3.8) is 0 Å². The maximum Gasteiger partial charge on any atom is 0.265 e. The number of benzene rings is 2. The lowest BCUT2D eigenvalue weighted by atomic mass is 10.1. The minimum absolute atomic E-state index is 0.0128. The smallest absolute Gasteiger partial charge is 0.265 e. The summed E-state index contributed by atoms with van der Waals surface area (Å²) in [5, 5.41) is 0. The van der Waals surface area contributed by atoms with E-state index in [0.29, 0.717) is 24.5 Å². The first-order chi connectivity index (χ1) is 13.4. The third-order valence-corrected chi connectivity index (χ3v) is 4.74. The second kappa shape index (κ2) is 8.89. The van der Waals surface area contributed by atoms with Gasteiger partial charge in [0.15, 0.2) is 6.61 Å². The number of rotatable bonds is 7. The summed E-state index contributed by atoms with van der Waals surface area (Å²) >= 11 is 0. The zero-order valence-electron chi connectivity index (χ0n) is 16.7. The van der Waals surface area contributed by atoms with Crippen LogP contribution in [0.15, 0.2) is 48.5 Å². The third-order valence-electron chi connectivity index (χ3n) is 4.74. The molecule has 0 saturated carbocycles. The van der Waals surface area contributed by atoms with Crippen LogP contribution in [0.2, 0.25) is 0 Å². The number of hydrogen-bond acceptors (Lipinski definition) is 4. The number of fused-ring (bicyclic) bond motifs is 1. The first-order valence-corrected chi connectivity index (χ1v) is 9.44. The molecule has 0 spiro atoms. The molecule has 0 aliphatic carbocycles. The van der Waals surface area contributed by atoms with E-state index in [1.807, 2.05) is 79.3 Å². The van der Waals surface area contributed by atoms with Gasteiger partial charge in [0.1, 0.15) is 12.3 Å². The van der Waals surface area contributed by atoms with Gasteiger partial charge in [-0.15, -0.1) is 0 Å². The van der Waals surface area contributed by atoms with Crippen LogP contribution in [0.1, 0.15) is 11.1 Å². The molecule has 2 amide bonds. The normalized spacial score (nSPS) is 13.3. The molecule has 6 nitrogen and oxygen atoms in total. The molecule has 0 bridgehead atoms. The molecule has 6 heteroatoms. The van der Waals surface area contributed by atoms with Crippen molar-refractivity contribution in [2.24, 2.45) is 0 Å². The number of carbonyl (C=O) groups excluding carboxylic acids is 2. The van der Waals surface area contributed by atoms with Gasteiger partial charge in [0, 0.05) is 19.6 Å². The van der Waals surface area contributed by atoms with E-state index in [2.05, 4.69) is 0 Å². The Balaban J connectivity index is 1.79. The Kier molecular flexibility index (Phi) is 6.31. The maximum absolute atomic E-state index is 13.1. The summed E-state index contributed by atoms with van der Waals surface area (Å²) in [5.74, 6) is 0.369. The van der Waals surface area contributed by atoms with E-state index < -0.39 is 0 Å². The zero-order valence-corrected chi connectivity index (χ0v) is 16.7. The molecule has 0 atom stereocenters. The van der Waals surface area contributed by atoms with E-state index in [1.54, 1.807) is 4.90 Å². The van der Waals surface area contributed by atoms with Crippen LogP contribution in [0.5, 0.6) is 5.75 Å². The lowest BCUT2D eigenvalue weighted by Crippen LogP contribution is -2.47. The van der Waals surface area contributed by atoms with Gasteiger partial charge in [0.25, 0.3) is 5.91 Å². The summed E-state index contributed by atoms with van der Waals surface area (Å²) < 4.78 is 5.51. The Morgan fingerprint density at radius 2 is 1.86 bits per heavy atom. The quantitative estimate of drug-likeness (QED) is 0.739. The van der Waals surface area contributed by atoms with Crippen LogP contribution in [0, 0.1) is 6.92 Å². The van der Waals surface area contributed by atoms with Crippen molar-refractivity contribution in [1.82, 2.24) is 9.80 Å². The van der Waals surface area contributed by atoms with Gasteiger partial charge in [-0.25, -0.2) is 0 Å². The molecule has 3 rings (SSSR count). The molecule has 1 aliphatic rings. The molecule has 0 unspecified atom stereocenters. The van der Waals surface area contributed by atoms with Crippen LogP contribution in [-0.4, -0.2) is 62.0 Å². The molecular formula is C22H27N3O3. The highest BCUT2D eigenvalue weighted by Crippen LogP contribution is 2.32. The van der Waals surface area contributed by atoms with Gasteiger partial charge in [0.05, 0.1) is 5.69 Å². The Hall–Kier alpha value is -2.86. The predicted octanol–water partition coefficient (Wildman–Crippen LogP) is 2.31. The molecular weight excluding hydrogens is 354 g/mol. The fourth-order valence-corrected chi connectivity index (χ4v) is 3.14. The van der Waals surface area contributed by atoms with Crippen molar-refractivity contribution in [2.75, 3.05) is 45.2 Å². The summed E-state index contributed by atoms with van der Waals surface area (Å²) in [7, 11) is 3.96. The first-order valence-electron chi connectivity index (χ1n) is 9.44. The Labute approximate surface area is 166 Å². The highest BCUT2D eigenvalue weighted by Gasteiger charge is 2.29. The number of aryl methyl sites for hydroxylation is 1. The van der Waals surface area contributed by atoms with Crippen molar-refractivity contribution in [3.05, 3.63) is 59.7 Å². The summed E-state index contributed by atoms with van der Waals surface area (Å²) in [5.41, 5.74) is 2.75. The van der Waals surface area contributed by atoms with E-state index in [0.717, 1.165) is 17.7 Å². The minimum atomic E-state index is -0.196. The zero-order chi connectivity index (χ0) is 20.1. The number of amides is 2. The molecule has 28 heavy (non-hydrogen) atoms. The Morgan fingerprint density at radius 3 is 2.57 bits per heavy atom. The number of ether oxygens (including phenoxy) is 1. The Bertz CT molecular complexity index is 836. The molecule has 0 aromatic heterocycles. The van der Waals surface area contributed by atoms with Gasteiger partial charge in [-0.05, 0) is 44.3 Å². The first kappa shape index (κ1) is 19.9. The molecule has 2 aromatic rings. The van der Waals surface area contributed by atoms with Crippen molar-refractivity contribution < 1.29 is 14.3 Å². The third kappa shape index (κ3) is 4.89. The van der Waals surface area contributed by atoms with Crippen LogP contribution < -0.4 is 9.64 Å². The molecule has 0 saturated heterocycles. The summed E-state index contributed by atoms with van der Waals surface area (Å²) in [6.45, 7) is 3.80. The van der Waals surface area contributed by atoms with Gasteiger partial charge < -0.3 is 14.5 Å². The van der Waals surface area contributed by atoms with Crippen LogP contribution in [0.3, 0.4) is 0 Å². The summed E-state index contributed by atoms with van der Waals surface area (Å²) in [6.07, 6.45) is 0. The van der Waals surface area contributed by atoms with Gasteiger partial charge >= 0.3 is 0 Å². The van der Waals surface area contributed by atoms with Crippen molar-refractivity contribution in [3.8, 4) is 5.75 Å². The van der Waals surface area contributed by atoms with Crippen molar-refractivity contribution in [1.29, 1.82) is 0 Å². The highest BCUT2D eigenvalue weighted by atomic mass is 16.5. The molecule has 0 radical (unpaired) electrons. The van der Waals surface area contributed by atoms with E-state index in [4.69, 9.17) is 4.74 Å². The molecule has 2 aromatic carbocycles. The van der Waals surface area contributed by atoms with Gasteiger partial charge in [-0.1, -0.05) is 36.4 Å². The molecule has 0 fully saturated rings. The van der Waals surface area contributed by atoms with E-state index >= 15 is 0 Å². The lowest BCUT2D eigenvalue weighted by Gasteiger charge is -2.32. The van der Waals surface area contributed by atoms with E-state index in [-0.39, 0.29) is 25.0 Å². The lowest BCUT2D eigenvalue weighted by molar-refractivity contribution is -0.132. The van der Waals surface area contributed by atoms with Gasteiger partial charge in [-0.2, -0.15) is 0 Å². The summed E-state index contributed by atoms with van der Waals surface area (Å²) in [6, 6.07) is 15.6. The standard InChI is InChI=1S/C22H27N3O3/c1-17-9-10-20-19(13-17)25(22(27)16-28-20)15-21(26)24(12-11-23(2)3)14-18-7-5-4-6-8-18/h4-10,13H,11-12,14-16H2,1-3H3. The van der Waals surface area contributed by atoms with E-state index in [9.17, 15) is 9.59 Å². The molecule has 1 heterocycles. The van der Waals surface area contributed by atoms with Crippen LogP contribution >= 0.6 is 0 Å². The largest absolute Gasteiger partial charge is 0.482 e. The number of nitrogens with zero attached hydrogens (tertiary/aromatic N) is 3. The second-order valence-corrected chi connectivity index (χ2v) is 7.34. The average molecular weight is 381 g/mol. The molecule has 1 aliphatic heterocycles. The van der Waals surface area contributed by atoms with Crippen molar-refractivity contribution >= 4 is 17.5 Å². The van der Waals surface area contributed by atoms with Crippen molar-refractivity contribution in [2.45, 2.75) is 13.5 Å². The van der Waals surface area contributed by atoms with Gasteiger partial charge in [0.2, 0.25) is 5.91 Å². The SMILES string of the molecule is Cc1ccc2c(c1)N(CC(=O)N(CCN(C)C)Cc1ccccc1)C(=O)CO2. The fourth-order valence-electron chi connectivity index (χ4n) is 3.14. The fraction of sp³-hybridized carbons (Fsp3) is 0.364. The van der Waals surface area contributed by atoms with Gasteiger partial charge in [-0.3, -0.25) is 14.5 Å². The van der Waals surface area contributed by atoms with Crippen LogP contribution in [0.25, 0.3) is 0 Å². The predicted molar refractivity (Wildman–Crippen MR) is 109 cm³/mol. The second-order valence-electron chi connectivity index (χ2n) is 7.34. The number of anilines is 1. The molecule has 148 valence electrons. The topological polar surface area (TPSA) is 53.1 Å². The van der Waals surface area contributed by atoms with Crippen LogP contribution in [-0.2, 0) is 16.1 Å². The van der Waals surface area contributed by atoms with E-state index in [1.165, 1.54) is 0 Å². The van der Waals surface area contributed by atoms with Crippen LogP contribution in [0.4, 0.5) is 5.69 Å². The highest BCUT2D eigenvalue weighted by molar-refractivity contribution is 6.02. The number of likely N-dealkylation sites (N-methyl/N-ethyl adjacent to an activating group) is 1. The molecule has 0 N–H and O–H groups in total. The number of carbonyl (C=O) groups is 2. The monoisotopic (exact) mass is 381 g/mol. The number of hydrogen-bond donors (Lipinski definition) is 0. The minimum Gasteiger partial charge on any atom is -0.482 e. The average Bonchev–Trinajstić information content (AvgIpc) is 2.68. The summed E-state index contributed by atoms with van der Waals surface area (Å²) in [4.78, 5) is 31.0. The maximum atomic E-state index is 13.1.